The first-order valence-corrected chi connectivity index (χ1v) is 9.17. The number of hydrogen-bond donors (Lipinski definition) is 3. The molecule has 0 fully saturated rings. The molecule has 0 atom stereocenters. The van der Waals surface area contributed by atoms with Crippen molar-refractivity contribution in [3.8, 4) is 6.07 Å². The quantitative estimate of drug-likeness (QED) is 0.456. The van der Waals surface area contributed by atoms with Crippen LogP contribution in [0.2, 0.25) is 0 Å². The number of rotatable bonds is 1. The molecule has 0 radical (unpaired) electrons. The van der Waals surface area contributed by atoms with Crippen molar-refractivity contribution < 1.29 is 22.8 Å². The molecule has 1 spiro atoms. The van der Waals surface area contributed by atoms with Crippen LogP contribution in [0.5, 0.6) is 0 Å². The molecule has 1 aliphatic heterocycles. The highest BCUT2D eigenvalue weighted by molar-refractivity contribution is 7.80. The number of halogens is 3. The number of hydrogen-bond acceptors (Lipinski definition) is 6. The lowest BCUT2D eigenvalue weighted by Gasteiger charge is -2.33. The van der Waals surface area contributed by atoms with E-state index in [1.807, 2.05) is 6.07 Å². The van der Waals surface area contributed by atoms with Gasteiger partial charge in [0, 0.05) is 16.8 Å². The van der Waals surface area contributed by atoms with Crippen molar-refractivity contribution in [2.45, 2.75) is 11.7 Å². The second-order valence-electron chi connectivity index (χ2n) is 6.77. The molecule has 4 rings (SSSR count). The number of nitrogens with two attached hydrogens (primary N) is 1. The SMILES string of the molecule is N#CC1=C(N)NN(C(=S)Nc2ccc(C(F)(F)F)cc2)C12C(=O)c1ccccc1C2=O. The van der Waals surface area contributed by atoms with Crippen LogP contribution in [0.3, 0.4) is 0 Å². The van der Waals surface area contributed by atoms with Crippen LogP contribution >= 0.6 is 12.2 Å². The van der Waals surface area contributed by atoms with Crippen LogP contribution in [0, 0.1) is 11.3 Å². The normalized spacial score (nSPS) is 16.9. The third-order valence-electron chi connectivity index (χ3n) is 5.05. The second-order valence-corrected chi connectivity index (χ2v) is 7.15. The lowest BCUT2D eigenvalue weighted by molar-refractivity contribution is -0.137. The number of thiocarbonyl (C=S) groups is 1. The fourth-order valence-corrected chi connectivity index (χ4v) is 3.94. The van der Waals surface area contributed by atoms with E-state index in [9.17, 15) is 28.0 Å². The van der Waals surface area contributed by atoms with E-state index < -0.39 is 28.8 Å². The molecule has 4 N–H and O–H groups in total. The Morgan fingerprint density at radius 2 is 1.65 bits per heavy atom. The fraction of sp³-hybridized carbons (Fsp3) is 0.100. The molecule has 11 heteroatoms. The minimum Gasteiger partial charge on any atom is -0.383 e. The number of hydrazine groups is 1. The summed E-state index contributed by atoms with van der Waals surface area (Å²) in [5.41, 5.74) is 5.55. The van der Waals surface area contributed by atoms with Crippen molar-refractivity contribution in [2.24, 2.45) is 5.73 Å². The number of nitrogens with zero attached hydrogens (tertiary/aromatic N) is 2. The molecule has 0 saturated carbocycles. The van der Waals surface area contributed by atoms with Gasteiger partial charge in [0.25, 0.3) is 0 Å². The van der Waals surface area contributed by atoms with Gasteiger partial charge in [-0.1, -0.05) is 24.3 Å². The molecular weight excluding hydrogens is 431 g/mol. The standard InChI is InChI=1S/C20H12F3N5O2S/c21-20(22,23)10-5-7-11(8-6-10)26-18(31)28-19(14(9-24)17(25)27-28)15(29)12-3-1-2-4-13(12)16(19)30/h1-8,27H,25H2,(H,26,31). The van der Waals surface area contributed by atoms with Crippen LogP contribution in [-0.2, 0) is 6.18 Å². The molecule has 0 bridgehead atoms. The lowest BCUT2D eigenvalue weighted by atomic mass is 9.85. The van der Waals surface area contributed by atoms with Gasteiger partial charge in [0.2, 0.25) is 17.1 Å². The Kier molecular flexibility index (Phi) is 4.48. The number of Topliss-reactive ketones (excluding diaryl/α,β-unsaturated/α-hetero) is 2. The Balaban J connectivity index is 1.72. The van der Waals surface area contributed by atoms with E-state index in [1.54, 1.807) is 12.1 Å². The number of carbonyl (C=O) groups is 2. The van der Waals surface area contributed by atoms with Gasteiger partial charge in [-0.25, -0.2) is 5.01 Å². The number of ketones is 2. The summed E-state index contributed by atoms with van der Waals surface area (Å²) in [6, 6.07) is 11.9. The van der Waals surface area contributed by atoms with Gasteiger partial charge in [0.1, 0.15) is 17.5 Å². The summed E-state index contributed by atoms with van der Waals surface area (Å²) in [5.74, 6) is -1.60. The molecule has 31 heavy (non-hydrogen) atoms. The first kappa shape index (κ1) is 20.4. The van der Waals surface area contributed by atoms with Crippen LogP contribution < -0.4 is 16.5 Å². The highest BCUT2D eigenvalue weighted by Crippen LogP contribution is 2.42. The number of nitriles is 1. The zero-order valence-electron chi connectivity index (χ0n) is 15.4. The van der Waals surface area contributed by atoms with E-state index in [0.29, 0.717) is 0 Å². The maximum absolute atomic E-state index is 13.3. The van der Waals surface area contributed by atoms with E-state index in [1.165, 1.54) is 12.1 Å². The molecular formula is C20H12F3N5O2S. The molecule has 156 valence electrons. The summed E-state index contributed by atoms with van der Waals surface area (Å²) < 4.78 is 38.3. The van der Waals surface area contributed by atoms with Gasteiger partial charge < -0.3 is 11.1 Å². The van der Waals surface area contributed by atoms with Gasteiger partial charge >= 0.3 is 6.18 Å². The monoisotopic (exact) mass is 443 g/mol. The summed E-state index contributed by atoms with van der Waals surface area (Å²) in [7, 11) is 0. The number of anilines is 1. The Morgan fingerprint density at radius 1 is 1.10 bits per heavy atom. The minimum absolute atomic E-state index is 0.110. The van der Waals surface area contributed by atoms with Gasteiger partial charge in [-0.15, -0.1) is 0 Å². The highest BCUT2D eigenvalue weighted by Gasteiger charge is 2.64. The topological polar surface area (TPSA) is 111 Å². The summed E-state index contributed by atoms with van der Waals surface area (Å²) in [4.78, 5) is 26.6. The predicted octanol–water partition coefficient (Wildman–Crippen LogP) is 2.73. The van der Waals surface area contributed by atoms with E-state index >= 15 is 0 Å². The van der Waals surface area contributed by atoms with E-state index in [2.05, 4.69) is 10.7 Å². The van der Waals surface area contributed by atoms with Crippen LogP contribution in [0.15, 0.2) is 59.9 Å². The highest BCUT2D eigenvalue weighted by atomic mass is 32.1. The average Bonchev–Trinajstić information content (AvgIpc) is 3.15. The molecule has 2 aromatic carbocycles. The molecule has 0 aromatic heterocycles. The van der Waals surface area contributed by atoms with Gasteiger partial charge in [0.15, 0.2) is 5.11 Å². The van der Waals surface area contributed by atoms with Crippen LogP contribution in [0.1, 0.15) is 26.3 Å². The summed E-state index contributed by atoms with van der Waals surface area (Å²) in [6.07, 6.45) is -4.51. The molecule has 7 nitrogen and oxygen atoms in total. The van der Waals surface area contributed by atoms with Crippen molar-refractivity contribution in [3.05, 3.63) is 76.6 Å². The fourth-order valence-electron chi connectivity index (χ4n) is 3.64. The van der Waals surface area contributed by atoms with Gasteiger partial charge in [0.05, 0.1) is 5.56 Å². The largest absolute Gasteiger partial charge is 0.416 e. The second kappa shape index (κ2) is 6.82. The third-order valence-corrected chi connectivity index (χ3v) is 5.34. The first-order chi connectivity index (χ1) is 14.6. The van der Waals surface area contributed by atoms with Crippen molar-refractivity contribution >= 4 is 34.6 Å². The van der Waals surface area contributed by atoms with Gasteiger partial charge in [-0.3, -0.25) is 15.0 Å². The zero-order valence-corrected chi connectivity index (χ0v) is 16.3. The van der Waals surface area contributed by atoms with E-state index in [-0.39, 0.29) is 33.3 Å². The Bertz CT molecular complexity index is 1180. The van der Waals surface area contributed by atoms with Crippen LogP contribution in [-0.4, -0.2) is 27.2 Å². The van der Waals surface area contributed by atoms with Crippen molar-refractivity contribution in [2.75, 3.05) is 5.32 Å². The van der Waals surface area contributed by atoms with E-state index in [4.69, 9.17) is 18.0 Å². The number of alkyl halides is 3. The number of benzene rings is 2. The average molecular weight is 443 g/mol. The first-order valence-electron chi connectivity index (χ1n) is 8.76. The van der Waals surface area contributed by atoms with Gasteiger partial charge in [-0.05, 0) is 36.5 Å². The molecule has 0 unspecified atom stereocenters. The maximum atomic E-state index is 13.3. The molecule has 0 saturated heterocycles. The number of carbonyl (C=O) groups excluding carboxylic acids is 2. The van der Waals surface area contributed by atoms with Crippen molar-refractivity contribution in [3.63, 3.8) is 0 Å². The molecule has 1 heterocycles. The van der Waals surface area contributed by atoms with Crippen LogP contribution in [0.25, 0.3) is 0 Å². The summed E-state index contributed by atoms with van der Waals surface area (Å²) in [5, 5.41) is 13.1. The van der Waals surface area contributed by atoms with Crippen molar-refractivity contribution in [1.82, 2.24) is 10.4 Å². The molecule has 2 aliphatic rings. The maximum Gasteiger partial charge on any atom is 0.416 e. The van der Waals surface area contributed by atoms with Crippen molar-refractivity contribution in [1.29, 1.82) is 5.26 Å². The predicted molar refractivity (Wildman–Crippen MR) is 107 cm³/mol. The van der Waals surface area contributed by atoms with E-state index in [0.717, 1.165) is 29.3 Å². The smallest absolute Gasteiger partial charge is 0.383 e. The Labute approximate surface area is 178 Å². The number of fused-ring (bicyclic) bond motifs is 1. The molecule has 0 amide bonds. The Morgan fingerprint density at radius 3 is 2.13 bits per heavy atom. The van der Waals surface area contributed by atoms with Gasteiger partial charge in [-0.2, -0.15) is 18.4 Å². The Hall–Kier alpha value is -3.91. The number of nitrogens with one attached hydrogen (secondary N) is 2. The lowest BCUT2D eigenvalue weighted by Crippen LogP contribution is -2.61. The minimum atomic E-state index is -4.51. The summed E-state index contributed by atoms with van der Waals surface area (Å²) >= 11 is 5.32. The summed E-state index contributed by atoms with van der Waals surface area (Å²) in [6.45, 7) is 0. The van der Waals surface area contributed by atoms with Crippen LogP contribution in [0.4, 0.5) is 18.9 Å². The third kappa shape index (κ3) is 2.83. The zero-order chi connectivity index (χ0) is 22.6. The molecule has 1 aliphatic carbocycles. The molecule has 2 aromatic rings.